The van der Waals surface area contributed by atoms with E-state index in [1.807, 2.05) is 37.7 Å². The van der Waals surface area contributed by atoms with Crippen LogP contribution in [-0.2, 0) is 14.3 Å². The van der Waals surface area contributed by atoms with Crippen LogP contribution in [0.4, 0.5) is 0 Å². The maximum absolute atomic E-state index is 13.1. The number of likely N-dealkylation sites (N-methyl/N-ethyl adjacent to an activating group) is 1. The normalized spacial score (nSPS) is 46.9. The van der Waals surface area contributed by atoms with E-state index in [2.05, 4.69) is 18.9 Å². The number of aliphatic hydroxyl groups excluding tert-OH is 2. The predicted octanol–water partition coefficient (Wildman–Crippen LogP) is 0.612. The molecule has 0 saturated carbocycles. The van der Waals surface area contributed by atoms with Gasteiger partial charge in [-0.25, -0.2) is 0 Å². The van der Waals surface area contributed by atoms with Crippen molar-refractivity contribution in [2.75, 3.05) is 47.3 Å². The number of hydrogen-bond donors (Lipinski definition) is 3. The fourth-order valence-electron chi connectivity index (χ4n) is 6.50. The lowest BCUT2D eigenvalue weighted by Gasteiger charge is -2.48. The molecule has 0 aliphatic carbocycles. The van der Waals surface area contributed by atoms with Gasteiger partial charge in [0.05, 0.1) is 29.8 Å². The van der Waals surface area contributed by atoms with Crippen LogP contribution in [0.2, 0.25) is 0 Å². The van der Waals surface area contributed by atoms with Crippen molar-refractivity contribution in [3.8, 4) is 0 Å². The number of nitrogens with zero attached hydrogens (tertiary/aromatic N) is 3. The van der Waals surface area contributed by atoms with Gasteiger partial charge in [0.1, 0.15) is 6.10 Å². The molecule has 4 saturated heterocycles. The van der Waals surface area contributed by atoms with Crippen LogP contribution in [0.3, 0.4) is 0 Å². The zero-order chi connectivity index (χ0) is 26.2. The summed E-state index contributed by atoms with van der Waals surface area (Å²) in [6.45, 7) is 12.5. The Hall–Kier alpha value is -0.810. The topological polar surface area (TPSA) is 106 Å². The second-order valence-corrected chi connectivity index (χ2v) is 12.3. The first kappa shape index (κ1) is 28.8. The quantitative estimate of drug-likeness (QED) is 0.519. The Labute approximate surface area is 211 Å². The first-order valence-corrected chi connectivity index (χ1v) is 13.2. The third-order valence-electron chi connectivity index (χ3n) is 8.31. The Morgan fingerprint density at radius 2 is 1.69 bits per heavy atom. The molecule has 0 aromatic carbocycles. The van der Waals surface area contributed by atoms with Crippen LogP contribution >= 0.6 is 0 Å². The highest BCUT2D eigenvalue weighted by Gasteiger charge is 2.48. The second-order valence-electron chi connectivity index (χ2n) is 12.3. The van der Waals surface area contributed by atoms with E-state index in [1.165, 1.54) is 0 Å². The van der Waals surface area contributed by atoms with Gasteiger partial charge in [0.25, 0.3) is 0 Å². The Bertz CT molecular complexity index is 715. The molecule has 4 fully saturated rings. The number of carbonyl (C=O) groups excluding carboxylic acids is 1. The molecular formula is C26H49N3O6. The van der Waals surface area contributed by atoms with Crippen LogP contribution in [0.15, 0.2) is 0 Å². The molecule has 4 heterocycles. The first-order valence-electron chi connectivity index (χ1n) is 13.2. The zero-order valence-electron chi connectivity index (χ0n) is 22.9. The summed E-state index contributed by atoms with van der Waals surface area (Å²) in [4.78, 5) is 19.1. The predicted molar refractivity (Wildman–Crippen MR) is 134 cm³/mol. The number of carbonyl (C=O) groups is 1. The van der Waals surface area contributed by atoms with Gasteiger partial charge in [-0.2, -0.15) is 0 Å². The van der Waals surface area contributed by atoms with Gasteiger partial charge in [-0.1, -0.05) is 20.8 Å². The van der Waals surface area contributed by atoms with Crippen molar-refractivity contribution in [3.63, 3.8) is 0 Å². The first-order chi connectivity index (χ1) is 16.2. The SMILES string of the molecule is C[C@H]1CN(C)CC2CN(C2)C(=O)[C@H](C)[C@@H](O)[C@H](C)[C@@H](O[C@@H]2O[C@H](C)C[C@H](N(C)C)[C@H]2O)[C@](C)(O)C1. The average Bonchev–Trinajstić information content (AvgIpc) is 2.72. The highest BCUT2D eigenvalue weighted by molar-refractivity contribution is 5.79. The molecule has 0 aromatic heterocycles. The highest BCUT2D eigenvalue weighted by Crippen LogP contribution is 2.36. The highest BCUT2D eigenvalue weighted by atomic mass is 16.7. The summed E-state index contributed by atoms with van der Waals surface area (Å²) in [6.07, 6.45) is -2.73. The maximum Gasteiger partial charge on any atom is 0.228 e. The lowest BCUT2D eigenvalue weighted by Crippen LogP contribution is -2.60. The van der Waals surface area contributed by atoms with Gasteiger partial charge in [-0.3, -0.25) is 4.79 Å². The van der Waals surface area contributed by atoms with Gasteiger partial charge in [-0.15, -0.1) is 0 Å². The van der Waals surface area contributed by atoms with Crippen LogP contribution in [0.25, 0.3) is 0 Å². The van der Waals surface area contributed by atoms with E-state index in [0.717, 1.165) is 13.1 Å². The molecule has 0 spiro atoms. The number of rotatable bonds is 3. The third-order valence-corrected chi connectivity index (χ3v) is 8.31. The Kier molecular flexibility index (Phi) is 9.28. The van der Waals surface area contributed by atoms with Crippen molar-refractivity contribution in [1.82, 2.24) is 14.7 Å². The number of hydrogen-bond acceptors (Lipinski definition) is 8. The summed E-state index contributed by atoms with van der Waals surface area (Å²) in [5, 5.41) is 34.1. The standard InChI is InChI=1S/C26H49N3O6/c1-15-10-26(5,33)23(35-25-22(31)20(27(6)7)9-16(2)34-25)17(3)21(30)18(4)24(32)29-13-19(14-29)12-28(8)11-15/h15-23,25,30-31,33H,9-14H2,1-8H3/t15-,16-,17+,18-,20+,21+,22-,23-,25+,26-/m1/s1. The largest absolute Gasteiger partial charge is 0.392 e. The molecule has 9 heteroatoms. The summed E-state index contributed by atoms with van der Waals surface area (Å²) < 4.78 is 12.4. The molecule has 4 aliphatic heterocycles. The minimum absolute atomic E-state index is 0.0673. The molecule has 10 atom stereocenters. The third kappa shape index (κ3) is 6.55. The molecule has 204 valence electrons. The molecule has 0 unspecified atom stereocenters. The Morgan fingerprint density at radius 1 is 1.06 bits per heavy atom. The lowest BCUT2D eigenvalue weighted by atomic mass is 9.77. The molecule has 1 amide bonds. The summed E-state index contributed by atoms with van der Waals surface area (Å²) in [7, 11) is 5.91. The van der Waals surface area contributed by atoms with Gasteiger partial charge >= 0.3 is 0 Å². The van der Waals surface area contributed by atoms with E-state index < -0.39 is 42.0 Å². The Morgan fingerprint density at radius 3 is 2.29 bits per heavy atom. The minimum Gasteiger partial charge on any atom is -0.392 e. The van der Waals surface area contributed by atoms with E-state index >= 15 is 0 Å². The molecule has 0 aromatic rings. The van der Waals surface area contributed by atoms with Crippen molar-refractivity contribution in [2.24, 2.45) is 23.7 Å². The van der Waals surface area contributed by atoms with Gasteiger partial charge in [0.15, 0.2) is 6.29 Å². The fourth-order valence-corrected chi connectivity index (χ4v) is 6.50. The van der Waals surface area contributed by atoms with Crippen molar-refractivity contribution < 1.29 is 29.6 Å². The van der Waals surface area contributed by atoms with Crippen molar-refractivity contribution in [3.05, 3.63) is 0 Å². The summed E-state index contributed by atoms with van der Waals surface area (Å²) >= 11 is 0. The Balaban J connectivity index is 1.89. The van der Waals surface area contributed by atoms with Crippen LogP contribution < -0.4 is 0 Å². The molecule has 0 radical (unpaired) electrons. The second kappa shape index (κ2) is 11.3. The van der Waals surface area contributed by atoms with Crippen LogP contribution in [0.1, 0.15) is 47.5 Å². The number of ether oxygens (including phenoxy) is 2. The fraction of sp³-hybridized carbons (Fsp3) is 0.962. The minimum atomic E-state index is -1.31. The van der Waals surface area contributed by atoms with Gasteiger partial charge in [0, 0.05) is 44.1 Å². The van der Waals surface area contributed by atoms with E-state index in [1.54, 1.807) is 13.8 Å². The molecule has 9 nitrogen and oxygen atoms in total. The molecule has 4 aliphatic rings. The van der Waals surface area contributed by atoms with E-state index in [9.17, 15) is 20.1 Å². The van der Waals surface area contributed by atoms with Crippen LogP contribution in [0, 0.1) is 23.7 Å². The van der Waals surface area contributed by atoms with Gasteiger partial charge < -0.3 is 39.5 Å². The number of fused-ring (bicyclic) bond motifs is 10. The molecule has 3 N–H and O–H groups in total. The molecule has 2 bridgehead atoms. The molecule has 4 rings (SSSR count). The van der Waals surface area contributed by atoms with Crippen LogP contribution in [0.5, 0.6) is 0 Å². The monoisotopic (exact) mass is 499 g/mol. The average molecular weight is 500 g/mol. The summed E-state index contributed by atoms with van der Waals surface area (Å²) in [5.41, 5.74) is -1.31. The zero-order valence-corrected chi connectivity index (χ0v) is 22.9. The smallest absolute Gasteiger partial charge is 0.228 e. The molecule has 35 heavy (non-hydrogen) atoms. The van der Waals surface area contributed by atoms with Gasteiger partial charge in [0.2, 0.25) is 5.91 Å². The van der Waals surface area contributed by atoms with Crippen molar-refractivity contribution in [1.29, 1.82) is 0 Å². The number of amides is 1. The van der Waals surface area contributed by atoms with Crippen LogP contribution in [-0.4, -0.2) is 126 Å². The van der Waals surface area contributed by atoms with E-state index in [0.29, 0.717) is 31.8 Å². The molecular weight excluding hydrogens is 450 g/mol. The van der Waals surface area contributed by atoms with E-state index in [4.69, 9.17) is 9.47 Å². The summed E-state index contributed by atoms with van der Waals surface area (Å²) in [6, 6.07) is -0.153. The maximum atomic E-state index is 13.1. The van der Waals surface area contributed by atoms with Crippen molar-refractivity contribution in [2.45, 2.75) is 89.8 Å². The summed E-state index contributed by atoms with van der Waals surface area (Å²) in [5.74, 6) is -0.651. The van der Waals surface area contributed by atoms with E-state index in [-0.39, 0.29) is 24.0 Å². The lowest BCUT2D eigenvalue weighted by molar-refractivity contribution is -0.299. The number of aliphatic hydroxyl groups is 3. The van der Waals surface area contributed by atoms with Gasteiger partial charge in [-0.05, 0) is 53.8 Å². The van der Waals surface area contributed by atoms with Crippen molar-refractivity contribution >= 4 is 5.91 Å².